The minimum Gasteiger partial charge on any atom is -0.460 e. The lowest BCUT2D eigenvalue weighted by molar-refractivity contribution is -0.265. The van der Waals surface area contributed by atoms with Gasteiger partial charge in [-0.25, -0.2) is 4.79 Å². The summed E-state index contributed by atoms with van der Waals surface area (Å²) in [5.74, 6) is -6.25. The third kappa shape index (κ3) is 16.0. The van der Waals surface area contributed by atoms with Crippen molar-refractivity contribution in [2.75, 3.05) is 41.1 Å². The maximum atomic E-state index is 14.5. The molecule has 2 unspecified atom stereocenters. The van der Waals surface area contributed by atoms with E-state index in [2.05, 4.69) is 19.9 Å². The molecule has 0 aromatic heterocycles. The summed E-state index contributed by atoms with van der Waals surface area (Å²) >= 11 is 0. The summed E-state index contributed by atoms with van der Waals surface area (Å²) < 4.78 is 35.9. The van der Waals surface area contributed by atoms with E-state index in [0.717, 1.165) is 24.8 Å². The summed E-state index contributed by atoms with van der Waals surface area (Å²) in [7, 11) is 4.84. The topological polar surface area (TPSA) is 188 Å². The Labute approximate surface area is 400 Å². The highest BCUT2D eigenvalue weighted by Gasteiger charge is 2.53. The molecule has 14 nitrogen and oxygen atoms in total. The summed E-state index contributed by atoms with van der Waals surface area (Å²) in [6.45, 7) is 13.7. The second-order valence-corrected chi connectivity index (χ2v) is 20.3. The van der Waals surface area contributed by atoms with Crippen molar-refractivity contribution >= 4 is 23.4 Å². The number of carbonyl (C=O) groups is 4. The van der Waals surface area contributed by atoms with Crippen LogP contribution < -0.4 is 0 Å². The molecule has 0 radical (unpaired) electrons. The Bertz CT molecular complexity index is 1730. The van der Waals surface area contributed by atoms with Crippen LogP contribution in [0, 0.1) is 35.5 Å². The number of aliphatic hydroxyl groups is 3. The van der Waals surface area contributed by atoms with E-state index in [1.54, 1.807) is 41.3 Å². The highest BCUT2D eigenvalue weighted by molar-refractivity contribution is 6.39. The first kappa shape index (κ1) is 56.5. The Hall–Kier alpha value is -3.08. The average Bonchev–Trinajstić information content (AvgIpc) is 3.31. The van der Waals surface area contributed by atoms with E-state index >= 15 is 0 Å². The number of methoxy groups -OCH3 is 3. The van der Waals surface area contributed by atoms with E-state index < -0.39 is 65.7 Å². The number of hydrogen-bond acceptors (Lipinski definition) is 13. The second kappa shape index (κ2) is 27.3. The highest BCUT2D eigenvalue weighted by atomic mass is 16.6. The molecule has 2 saturated heterocycles. The first-order chi connectivity index (χ1) is 31.9. The zero-order valence-electron chi connectivity index (χ0n) is 42.2. The Kier molecular flexibility index (Phi) is 23.1. The fourth-order valence-electron chi connectivity index (χ4n) is 10.7. The number of hydrogen-bond donors (Lipinski definition) is 3. The van der Waals surface area contributed by atoms with Crippen LogP contribution in [-0.2, 0) is 47.6 Å². The van der Waals surface area contributed by atoms with Gasteiger partial charge in [0.05, 0.1) is 49.8 Å². The first-order valence-corrected chi connectivity index (χ1v) is 25.0. The second-order valence-electron chi connectivity index (χ2n) is 20.3. The maximum Gasteiger partial charge on any atom is 0.329 e. The van der Waals surface area contributed by atoms with Gasteiger partial charge in [0.25, 0.3) is 11.7 Å². The normalized spacial score (nSPS) is 37.0. The molecule has 1 saturated carbocycles. The van der Waals surface area contributed by atoms with Gasteiger partial charge >= 0.3 is 5.97 Å². The van der Waals surface area contributed by atoms with Crippen molar-refractivity contribution in [3.05, 3.63) is 47.6 Å². The van der Waals surface area contributed by atoms with Crippen LogP contribution in [0.3, 0.4) is 0 Å². The standard InChI is InChI=1S/C53H85NO13/c1-33-16-12-11-13-17-35(3)45(62-8)31-41-21-19-39(7)53(61,67-41)50(58)51(59)54-23-15-14-18-42(54)52(60)66-46(37(5)29-40-20-22-44(65-25-24-55)47(30-40)63-9)32-43(56)36(4)28-38(6)49(57)48(64-10)27-34(2)26-33/h11-13,16-17,28,33-34,37-42,44-49,55,57,61H,14-15,18-27,29-32H2,1-10H3/t33-,34-,37-,38?,39-,40+,41+,42+,44?,45+,46+,47-,48+,49-,53-/m1/s1. The lowest BCUT2D eigenvalue weighted by Gasteiger charge is -2.42. The minimum absolute atomic E-state index is 0.0821. The van der Waals surface area contributed by atoms with Crippen molar-refractivity contribution in [1.29, 1.82) is 0 Å². The van der Waals surface area contributed by atoms with Gasteiger partial charge in [-0.05, 0) is 119 Å². The molecule has 1 amide bonds. The number of amides is 1. The van der Waals surface area contributed by atoms with E-state index in [0.29, 0.717) is 56.9 Å². The number of fused-ring (bicyclic) bond motifs is 3. The van der Waals surface area contributed by atoms with Crippen LogP contribution in [0.25, 0.3) is 0 Å². The largest absolute Gasteiger partial charge is 0.460 e. The van der Waals surface area contributed by atoms with Gasteiger partial charge in [-0.3, -0.25) is 14.4 Å². The van der Waals surface area contributed by atoms with Crippen molar-refractivity contribution in [3.63, 3.8) is 0 Å². The van der Waals surface area contributed by atoms with Crippen molar-refractivity contribution < 1.29 is 62.9 Å². The fourth-order valence-corrected chi connectivity index (χ4v) is 10.7. The summed E-state index contributed by atoms with van der Waals surface area (Å²) in [6, 6.07) is -1.11. The Balaban J connectivity index is 1.68. The molecule has 380 valence electrons. The quantitative estimate of drug-likeness (QED) is 0.158. The molecule has 1 aliphatic carbocycles. The number of ketones is 2. The minimum atomic E-state index is -2.41. The van der Waals surface area contributed by atoms with Crippen LogP contribution in [0.15, 0.2) is 47.6 Å². The summed E-state index contributed by atoms with van der Waals surface area (Å²) in [6.07, 6.45) is 15.2. The third-order valence-electron chi connectivity index (χ3n) is 14.9. The van der Waals surface area contributed by atoms with Gasteiger partial charge in [-0.15, -0.1) is 0 Å². The molecular weight excluding hydrogens is 859 g/mol. The molecular formula is C53H85NO13. The summed E-state index contributed by atoms with van der Waals surface area (Å²) in [5, 5.41) is 32.9. The Morgan fingerprint density at radius 2 is 1.58 bits per heavy atom. The number of Topliss-reactive ketones (excluding diaryl/α,β-unsaturated/α-hetero) is 2. The molecule has 14 heteroatoms. The van der Waals surface area contributed by atoms with Gasteiger partial charge in [-0.2, -0.15) is 0 Å². The number of ether oxygens (including phenoxy) is 6. The van der Waals surface area contributed by atoms with E-state index in [1.807, 2.05) is 45.1 Å². The van der Waals surface area contributed by atoms with Crippen LogP contribution in [0.1, 0.15) is 132 Å². The average molecular weight is 944 g/mol. The number of nitrogens with zero attached hydrogens (tertiary/aromatic N) is 1. The lowest BCUT2D eigenvalue weighted by Crippen LogP contribution is -2.61. The monoisotopic (exact) mass is 944 g/mol. The first-order valence-electron chi connectivity index (χ1n) is 25.0. The summed E-state index contributed by atoms with van der Waals surface area (Å²) in [4.78, 5) is 58.4. The Morgan fingerprint density at radius 3 is 2.27 bits per heavy atom. The molecule has 0 aromatic carbocycles. The van der Waals surface area contributed by atoms with Crippen LogP contribution >= 0.6 is 0 Å². The van der Waals surface area contributed by atoms with Gasteiger partial charge in [-0.1, -0.05) is 71.1 Å². The van der Waals surface area contributed by atoms with E-state index in [1.165, 1.54) is 4.90 Å². The van der Waals surface area contributed by atoms with Crippen LogP contribution in [0.5, 0.6) is 0 Å². The molecule has 3 heterocycles. The number of aliphatic hydroxyl groups excluding tert-OH is 2. The van der Waals surface area contributed by atoms with Gasteiger partial charge in [0.2, 0.25) is 5.79 Å². The predicted molar refractivity (Wildman–Crippen MR) is 256 cm³/mol. The maximum absolute atomic E-state index is 14.5. The van der Waals surface area contributed by atoms with Crippen molar-refractivity contribution in [2.45, 2.75) is 186 Å². The van der Waals surface area contributed by atoms with E-state index in [4.69, 9.17) is 28.4 Å². The molecule has 3 fully saturated rings. The molecule has 3 N–H and O–H groups in total. The zero-order valence-corrected chi connectivity index (χ0v) is 42.2. The van der Waals surface area contributed by atoms with Crippen molar-refractivity contribution in [3.8, 4) is 0 Å². The number of esters is 1. The zero-order chi connectivity index (χ0) is 49.4. The number of piperidine rings is 1. The third-order valence-corrected chi connectivity index (χ3v) is 14.9. The lowest BCUT2D eigenvalue weighted by atomic mass is 9.78. The smallest absolute Gasteiger partial charge is 0.329 e. The molecule has 0 aromatic rings. The molecule has 15 atom stereocenters. The van der Waals surface area contributed by atoms with Crippen LogP contribution in [0.2, 0.25) is 0 Å². The summed E-state index contributed by atoms with van der Waals surface area (Å²) in [5.41, 5.74) is 1.35. The molecule has 4 aliphatic rings. The molecule has 0 spiro atoms. The highest BCUT2D eigenvalue weighted by Crippen LogP contribution is 2.38. The number of allylic oxidation sites excluding steroid dienone is 6. The molecule has 4 rings (SSSR count). The molecule has 3 aliphatic heterocycles. The van der Waals surface area contributed by atoms with Gasteiger partial charge in [0, 0.05) is 52.6 Å². The van der Waals surface area contributed by atoms with Gasteiger partial charge < -0.3 is 48.6 Å². The van der Waals surface area contributed by atoms with Gasteiger partial charge in [0.1, 0.15) is 12.1 Å². The fraction of sp³-hybridized carbons (Fsp3) is 0.774. The van der Waals surface area contributed by atoms with Crippen LogP contribution in [-0.4, -0.2) is 139 Å². The van der Waals surface area contributed by atoms with Crippen molar-refractivity contribution in [2.24, 2.45) is 35.5 Å². The number of carbonyl (C=O) groups excluding carboxylic acids is 4. The van der Waals surface area contributed by atoms with Crippen molar-refractivity contribution in [1.82, 2.24) is 4.90 Å². The van der Waals surface area contributed by atoms with Gasteiger partial charge in [0.15, 0.2) is 5.78 Å². The van der Waals surface area contributed by atoms with E-state index in [-0.39, 0.29) is 80.4 Å². The Morgan fingerprint density at radius 1 is 0.851 bits per heavy atom. The van der Waals surface area contributed by atoms with Crippen LogP contribution in [0.4, 0.5) is 0 Å². The molecule has 2 bridgehead atoms. The van der Waals surface area contributed by atoms with E-state index in [9.17, 15) is 34.5 Å². The molecule has 67 heavy (non-hydrogen) atoms. The number of cyclic esters (lactones) is 1. The predicted octanol–water partition coefficient (Wildman–Crippen LogP) is 7.02. The SMILES string of the molecule is CO[C@H]1C[C@@H]2CC[C@@H](C)[C@@](O)(O2)C(=O)C(=O)N2CCCC[C@H]2C(=O)O[C@H]([C@H](C)C[C@@H]2CCC(OCCO)[C@H](OC)C2)CC(=O)C(C)=CC(C)[C@@H](O)[C@@H](OC)C[C@H](C)C[C@H](C)C=CC=CC=C1C. The number of rotatable bonds is 9.